The smallest absolute Gasteiger partial charge is 0.238 e. The van der Waals surface area contributed by atoms with Crippen LogP contribution in [0.15, 0.2) is 53.5 Å². The first-order valence-electron chi connectivity index (χ1n) is 10.2. The van der Waals surface area contributed by atoms with E-state index in [0.29, 0.717) is 16.7 Å². The third-order valence-corrected chi connectivity index (χ3v) is 6.86. The molecule has 156 valence electrons. The number of rotatable bonds is 4. The quantitative estimate of drug-likeness (QED) is 0.686. The average Bonchev–Trinajstić information content (AvgIpc) is 3.35. The van der Waals surface area contributed by atoms with Gasteiger partial charge in [-0.25, -0.2) is 0 Å². The largest absolute Gasteiger partial charge is 0.312 e. The number of aliphatic imine (C=N–C) groups is 1. The van der Waals surface area contributed by atoms with Gasteiger partial charge in [0.05, 0.1) is 17.6 Å². The lowest BCUT2D eigenvalue weighted by atomic mass is 10.1. The number of benzene rings is 2. The number of anilines is 2. The molecule has 0 unspecified atom stereocenters. The van der Waals surface area contributed by atoms with Crippen LogP contribution < -0.4 is 9.80 Å². The molecule has 2 heterocycles. The molecule has 1 fully saturated rings. The van der Waals surface area contributed by atoms with E-state index >= 15 is 0 Å². The summed E-state index contributed by atoms with van der Waals surface area (Å²) in [5.74, 6) is 0.298. The van der Waals surface area contributed by atoms with Crippen LogP contribution in [-0.4, -0.2) is 35.3 Å². The Hall–Kier alpha value is -2.31. The summed E-state index contributed by atoms with van der Waals surface area (Å²) in [6, 6.07) is 15.3. The Kier molecular flexibility index (Phi) is 6.16. The van der Waals surface area contributed by atoms with E-state index in [1.807, 2.05) is 43.3 Å². The number of hydrogen-bond acceptors (Lipinski definition) is 4. The Morgan fingerprint density at radius 1 is 1.20 bits per heavy atom. The molecule has 2 aromatic rings. The predicted octanol–water partition coefficient (Wildman–Crippen LogP) is 4.78. The van der Waals surface area contributed by atoms with Crippen LogP contribution in [0.4, 0.5) is 11.4 Å². The topological polar surface area (TPSA) is 53.0 Å². The Labute approximate surface area is 186 Å². The Bertz CT molecular complexity index is 975. The molecule has 0 saturated carbocycles. The molecule has 0 spiro atoms. The van der Waals surface area contributed by atoms with Crippen LogP contribution in [0.1, 0.15) is 25.8 Å². The molecule has 2 atom stereocenters. The minimum absolute atomic E-state index is 0.0250. The van der Waals surface area contributed by atoms with Gasteiger partial charge in [0.15, 0.2) is 5.17 Å². The number of halogens is 1. The van der Waals surface area contributed by atoms with Gasteiger partial charge in [0.25, 0.3) is 0 Å². The third kappa shape index (κ3) is 4.25. The standard InChI is InChI=1S/C23H24ClN3O2S/c1-3-16-4-8-19(9-5-16)26-13-17(12-21(26)28)22(29)27(23-25-15(2)14-30-23)20-10-6-18(24)7-11-20/h4-11,15,17H,3,12-14H2,1-2H3/t15-,17+/m0/s1. The first-order chi connectivity index (χ1) is 14.5. The van der Waals surface area contributed by atoms with E-state index in [0.717, 1.165) is 23.5 Å². The highest BCUT2D eigenvalue weighted by atomic mass is 35.5. The predicted molar refractivity (Wildman–Crippen MR) is 125 cm³/mol. The number of carbonyl (C=O) groups excluding carboxylic acids is 2. The van der Waals surface area contributed by atoms with Crippen LogP contribution in [-0.2, 0) is 16.0 Å². The second-order valence-electron chi connectivity index (χ2n) is 7.65. The first kappa shape index (κ1) is 20.9. The Morgan fingerprint density at radius 2 is 1.90 bits per heavy atom. The molecular weight excluding hydrogens is 418 g/mol. The van der Waals surface area contributed by atoms with Crippen LogP contribution in [0.2, 0.25) is 5.02 Å². The molecule has 30 heavy (non-hydrogen) atoms. The average molecular weight is 442 g/mol. The van der Waals surface area contributed by atoms with Crippen molar-refractivity contribution in [2.45, 2.75) is 32.7 Å². The van der Waals surface area contributed by atoms with Crippen LogP contribution in [0.3, 0.4) is 0 Å². The zero-order valence-corrected chi connectivity index (χ0v) is 18.6. The summed E-state index contributed by atoms with van der Waals surface area (Å²) in [5.41, 5.74) is 2.78. The summed E-state index contributed by atoms with van der Waals surface area (Å²) in [5, 5.41) is 1.30. The Balaban J connectivity index is 1.59. The zero-order valence-electron chi connectivity index (χ0n) is 17.0. The summed E-state index contributed by atoms with van der Waals surface area (Å²) < 4.78 is 0. The van der Waals surface area contributed by atoms with Crippen LogP contribution in [0.25, 0.3) is 0 Å². The van der Waals surface area contributed by atoms with E-state index in [1.54, 1.807) is 33.7 Å². The van der Waals surface area contributed by atoms with Gasteiger partial charge in [-0.05, 0) is 55.3 Å². The van der Waals surface area contributed by atoms with E-state index in [1.165, 1.54) is 5.56 Å². The molecule has 0 aromatic heterocycles. The molecule has 2 aliphatic rings. The molecular formula is C23H24ClN3O2S. The normalized spacial score (nSPS) is 21.1. The van der Waals surface area contributed by atoms with E-state index in [2.05, 4.69) is 11.9 Å². The zero-order chi connectivity index (χ0) is 21.3. The number of amides is 2. The van der Waals surface area contributed by atoms with Crippen LogP contribution in [0.5, 0.6) is 0 Å². The Morgan fingerprint density at radius 3 is 2.50 bits per heavy atom. The van der Waals surface area contributed by atoms with Gasteiger partial charge in [-0.1, -0.05) is 42.4 Å². The van der Waals surface area contributed by atoms with Crippen molar-refractivity contribution in [2.24, 2.45) is 10.9 Å². The van der Waals surface area contributed by atoms with Crippen molar-refractivity contribution in [1.82, 2.24) is 0 Å². The molecule has 0 radical (unpaired) electrons. The lowest BCUT2D eigenvalue weighted by Gasteiger charge is -2.25. The maximum atomic E-state index is 13.6. The molecule has 0 bridgehead atoms. The van der Waals surface area contributed by atoms with Gasteiger partial charge in [0.1, 0.15) is 0 Å². The van der Waals surface area contributed by atoms with Gasteiger partial charge in [0, 0.05) is 29.4 Å². The maximum absolute atomic E-state index is 13.6. The molecule has 1 saturated heterocycles. The fourth-order valence-corrected chi connectivity index (χ4v) is 4.89. The first-order valence-corrected chi connectivity index (χ1v) is 11.5. The van der Waals surface area contributed by atoms with Crippen molar-refractivity contribution < 1.29 is 9.59 Å². The SMILES string of the molecule is CCc1ccc(N2C[C@H](C(=O)N(C3=N[C@@H](C)CS3)c3ccc(Cl)cc3)CC2=O)cc1. The van der Waals surface area contributed by atoms with Gasteiger partial charge >= 0.3 is 0 Å². The van der Waals surface area contributed by atoms with Crippen molar-refractivity contribution in [3.63, 3.8) is 0 Å². The summed E-state index contributed by atoms with van der Waals surface area (Å²) in [4.78, 5) is 34.3. The third-order valence-electron chi connectivity index (χ3n) is 5.41. The highest BCUT2D eigenvalue weighted by Gasteiger charge is 2.39. The van der Waals surface area contributed by atoms with Gasteiger partial charge in [0.2, 0.25) is 11.8 Å². The molecule has 0 N–H and O–H groups in total. The van der Waals surface area contributed by atoms with E-state index in [9.17, 15) is 9.59 Å². The highest BCUT2D eigenvalue weighted by molar-refractivity contribution is 8.14. The number of carbonyl (C=O) groups is 2. The molecule has 2 amide bonds. The molecule has 4 rings (SSSR count). The van der Waals surface area contributed by atoms with Gasteiger partial charge < -0.3 is 4.90 Å². The highest BCUT2D eigenvalue weighted by Crippen LogP contribution is 2.32. The van der Waals surface area contributed by atoms with Crippen molar-refractivity contribution in [1.29, 1.82) is 0 Å². The maximum Gasteiger partial charge on any atom is 0.238 e. The second kappa shape index (κ2) is 8.82. The number of aryl methyl sites for hydroxylation is 1. The second-order valence-corrected chi connectivity index (χ2v) is 9.07. The summed E-state index contributed by atoms with van der Waals surface area (Å²) >= 11 is 7.61. The van der Waals surface area contributed by atoms with Crippen molar-refractivity contribution in [3.8, 4) is 0 Å². The minimum atomic E-state index is -0.418. The fraction of sp³-hybridized carbons (Fsp3) is 0.348. The van der Waals surface area contributed by atoms with E-state index < -0.39 is 5.92 Å². The van der Waals surface area contributed by atoms with Gasteiger partial charge in [-0.15, -0.1) is 0 Å². The summed E-state index contributed by atoms with van der Waals surface area (Å²) in [6.07, 6.45) is 1.15. The fourth-order valence-electron chi connectivity index (χ4n) is 3.72. The monoisotopic (exact) mass is 441 g/mol. The molecule has 5 nitrogen and oxygen atoms in total. The van der Waals surface area contributed by atoms with Crippen molar-refractivity contribution in [2.75, 3.05) is 22.1 Å². The van der Waals surface area contributed by atoms with Gasteiger partial charge in [-0.2, -0.15) is 0 Å². The van der Waals surface area contributed by atoms with Gasteiger partial charge in [-0.3, -0.25) is 19.5 Å². The molecule has 2 aromatic carbocycles. The number of amidine groups is 1. The van der Waals surface area contributed by atoms with E-state index in [4.69, 9.17) is 11.6 Å². The van der Waals surface area contributed by atoms with E-state index in [-0.39, 0.29) is 24.3 Å². The van der Waals surface area contributed by atoms with Crippen molar-refractivity contribution in [3.05, 3.63) is 59.1 Å². The van der Waals surface area contributed by atoms with Crippen LogP contribution >= 0.6 is 23.4 Å². The van der Waals surface area contributed by atoms with Crippen LogP contribution in [0, 0.1) is 5.92 Å². The summed E-state index contributed by atoms with van der Waals surface area (Å²) in [7, 11) is 0. The number of nitrogens with zero attached hydrogens (tertiary/aromatic N) is 3. The number of hydrogen-bond donors (Lipinski definition) is 0. The summed E-state index contributed by atoms with van der Waals surface area (Å²) in [6.45, 7) is 4.51. The lowest BCUT2D eigenvalue weighted by molar-refractivity contribution is -0.123. The lowest BCUT2D eigenvalue weighted by Crippen LogP contribution is -2.40. The molecule has 7 heteroatoms. The number of thioether (sulfide) groups is 1. The molecule has 2 aliphatic heterocycles. The molecule has 0 aliphatic carbocycles. The minimum Gasteiger partial charge on any atom is -0.312 e. The van der Waals surface area contributed by atoms with Crippen molar-refractivity contribution >= 4 is 51.7 Å².